The van der Waals surface area contributed by atoms with Crippen LogP contribution >= 0.6 is 0 Å². The molecule has 0 unspecified atom stereocenters. The highest BCUT2D eigenvalue weighted by Crippen LogP contribution is 2.26. The molecule has 0 spiro atoms. The topological polar surface area (TPSA) is 49.5 Å². The lowest BCUT2D eigenvalue weighted by Gasteiger charge is -2.27. The van der Waals surface area contributed by atoms with Crippen molar-refractivity contribution >= 4 is 0 Å². The molecule has 1 aliphatic rings. The van der Waals surface area contributed by atoms with E-state index in [0.29, 0.717) is 18.2 Å². The standard InChI is InChI=1S/C11H18N2O2/c1-13-5-2-9(3-6-13)10-8-15-11(12-10)4-7-14/h8-9,14H,2-7H2,1H3. The van der Waals surface area contributed by atoms with Crippen LogP contribution in [0.2, 0.25) is 0 Å². The summed E-state index contributed by atoms with van der Waals surface area (Å²) in [5.74, 6) is 1.20. The zero-order chi connectivity index (χ0) is 10.7. The molecule has 0 amide bonds. The maximum absolute atomic E-state index is 8.77. The van der Waals surface area contributed by atoms with Gasteiger partial charge in [-0.15, -0.1) is 0 Å². The van der Waals surface area contributed by atoms with Gasteiger partial charge >= 0.3 is 0 Å². The van der Waals surface area contributed by atoms with Gasteiger partial charge in [-0.3, -0.25) is 0 Å². The predicted molar refractivity (Wildman–Crippen MR) is 56.8 cm³/mol. The van der Waals surface area contributed by atoms with Gasteiger partial charge in [0.05, 0.1) is 12.3 Å². The van der Waals surface area contributed by atoms with Crippen molar-refractivity contribution in [2.75, 3.05) is 26.7 Å². The number of likely N-dealkylation sites (tertiary alicyclic amines) is 1. The molecular weight excluding hydrogens is 192 g/mol. The van der Waals surface area contributed by atoms with Gasteiger partial charge in [-0.2, -0.15) is 0 Å². The summed E-state index contributed by atoms with van der Waals surface area (Å²) in [7, 11) is 2.15. The number of hydrogen-bond acceptors (Lipinski definition) is 4. The van der Waals surface area contributed by atoms with Crippen LogP contribution in [0.4, 0.5) is 0 Å². The maximum Gasteiger partial charge on any atom is 0.196 e. The van der Waals surface area contributed by atoms with Crippen molar-refractivity contribution < 1.29 is 9.52 Å². The number of hydrogen-bond donors (Lipinski definition) is 1. The van der Waals surface area contributed by atoms with E-state index in [0.717, 1.165) is 31.6 Å². The first-order chi connectivity index (χ1) is 7.29. The summed E-state index contributed by atoms with van der Waals surface area (Å²) in [6.07, 6.45) is 4.58. The molecule has 4 nitrogen and oxygen atoms in total. The van der Waals surface area contributed by atoms with Crippen LogP contribution in [0.1, 0.15) is 30.3 Å². The molecule has 1 fully saturated rings. The Morgan fingerprint density at radius 2 is 2.27 bits per heavy atom. The van der Waals surface area contributed by atoms with E-state index < -0.39 is 0 Å². The molecule has 84 valence electrons. The Hall–Kier alpha value is -0.870. The SMILES string of the molecule is CN1CCC(c2coc(CCO)n2)CC1. The van der Waals surface area contributed by atoms with E-state index in [1.54, 1.807) is 6.26 Å². The number of oxazole rings is 1. The van der Waals surface area contributed by atoms with Gasteiger partial charge < -0.3 is 14.4 Å². The molecule has 0 saturated carbocycles. The first-order valence-corrected chi connectivity index (χ1v) is 5.53. The number of aromatic nitrogens is 1. The summed E-state index contributed by atoms with van der Waals surface area (Å²) >= 11 is 0. The number of piperidine rings is 1. The van der Waals surface area contributed by atoms with Crippen molar-refractivity contribution in [2.45, 2.75) is 25.2 Å². The molecule has 1 aromatic heterocycles. The summed E-state index contributed by atoms with van der Waals surface area (Å²) in [6.45, 7) is 2.37. The van der Waals surface area contributed by atoms with Crippen LogP contribution in [0, 0.1) is 0 Å². The zero-order valence-electron chi connectivity index (χ0n) is 9.15. The number of nitrogens with zero attached hydrogens (tertiary/aromatic N) is 2. The number of aliphatic hydroxyl groups excluding tert-OH is 1. The first kappa shape index (κ1) is 10.6. The van der Waals surface area contributed by atoms with Crippen molar-refractivity contribution in [3.8, 4) is 0 Å². The Kier molecular flexibility index (Phi) is 3.38. The molecule has 0 aromatic carbocycles. The van der Waals surface area contributed by atoms with Gasteiger partial charge in [0, 0.05) is 12.3 Å². The minimum atomic E-state index is 0.105. The molecule has 2 rings (SSSR count). The van der Waals surface area contributed by atoms with Crippen molar-refractivity contribution in [1.29, 1.82) is 0 Å². The highest BCUT2D eigenvalue weighted by atomic mass is 16.3. The minimum absolute atomic E-state index is 0.105. The predicted octanol–water partition coefficient (Wildman–Crippen LogP) is 1.02. The van der Waals surface area contributed by atoms with E-state index >= 15 is 0 Å². The smallest absolute Gasteiger partial charge is 0.196 e. The van der Waals surface area contributed by atoms with Gasteiger partial charge in [0.1, 0.15) is 6.26 Å². The Morgan fingerprint density at radius 3 is 2.93 bits per heavy atom. The normalized spacial score (nSPS) is 19.6. The fourth-order valence-corrected chi connectivity index (χ4v) is 2.03. The van der Waals surface area contributed by atoms with Crippen molar-refractivity contribution in [1.82, 2.24) is 9.88 Å². The zero-order valence-corrected chi connectivity index (χ0v) is 9.15. The molecule has 1 N–H and O–H groups in total. The molecule has 4 heteroatoms. The fraction of sp³-hybridized carbons (Fsp3) is 0.727. The molecule has 1 aliphatic heterocycles. The third-order valence-electron chi connectivity index (χ3n) is 3.03. The number of aliphatic hydroxyl groups is 1. The molecular formula is C11H18N2O2. The maximum atomic E-state index is 8.77. The van der Waals surface area contributed by atoms with Crippen LogP contribution in [0.5, 0.6) is 0 Å². The van der Waals surface area contributed by atoms with Crippen LogP contribution in [0.15, 0.2) is 10.7 Å². The molecule has 0 aliphatic carbocycles. The summed E-state index contributed by atoms with van der Waals surface area (Å²) in [5, 5.41) is 8.77. The van der Waals surface area contributed by atoms with Gasteiger partial charge in [-0.1, -0.05) is 0 Å². The van der Waals surface area contributed by atoms with Crippen molar-refractivity contribution in [2.24, 2.45) is 0 Å². The van der Waals surface area contributed by atoms with Gasteiger partial charge in [-0.05, 0) is 33.0 Å². The molecule has 15 heavy (non-hydrogen) atoms. The number of rotatable bonds is 3. The second-order valence-corrected chi connectivity index (χ2v) is 4.22. The quantitative estimate of drug-likeness (QED) is 0.809. The van der Waals surface area contributed by atoms with E-state index in [-0.39, 0.29) is 6.61 Å². The van der Waals surface area contributed by atoms with Crippen LogP contribution < -0.4 is 0 Å². The molecule has 0 radical (unpaired) electrons. The lowest BCUT2D eigenvalue weighted by molar-refractivity contribution is 0.253. The minimum Gasteiger partial charge on any atom is -0.449 e. The third kappa shape index (κ3) is 2.58. The lowest BCUT2D eigenvalue weighted by atomic mass is 9.94. The lowest BCUT2D eigenvalue weighted by Crippen LogP contribution is -2.29. The average Bonchev–Trinajstić information content (AvgIpc) is 2.68. The Morgan fingerprint density at radius 1 is 1.53 bits per heavy atom. The highest BCUT2D eigenvalue weighted by molar-refractivity contribution is 5.06. The second-order valence-electron chi connectivity index (χ2n) is 4.22. The average molecular weight is 210 g/mol. The van der Waals surface area contributed by atoms with Gasteiger partial charge in [0.2, 0.25) is 0 Å². The molecule has 0 atom stereocenters. The van der Waals surface area contributed by atoms with Crippen LogP contribution in [0.3, 0.4) is 0 Å². The van der Waals surface area contributed by atoms with E-state index in [4.69, 9.17) is 9.52 Å². The molecule has 2 heterocycles. The fourth-order valence-electron chi connectivity index (χ4n) is 2.03. The molecule has 0 bridgehead atoms. The van der Waals surface area contributed by atoms with Gasteiger partial charge in [0.15, 0.2) is 5.89 Å². The second kappa shape index (κ2) is 4.77. The Bertz CT molecular complexity index is 303. The van der Waals surface area contributed by atoms with Crippen molar-refractivity contribution in [3.63, 3.8) is 0 Å². The van der Waals surface area contributed by atoms with Crippen molar-refractivity contribution in [3.05, 3.63) is 17.8 Å². The summed E-state index contributed by atoms with van der Waals surface area (Å²) in [5.41, 5.74) is 1.06. The Labute approximate surface area is 89.9 Å². The summed E-state index contributed by atoms with van der Waals surface area (Å²) < 4.78 is 5.30. The molecule has 1 aromatic rings. The highest BCUT2D eigenvalue weighted by Gasteiger charge is 2.21. The summed E-state index contributed by atoms with van der Waals surface area (Å²) in [4.78, 5) is 6.74. The van der Waals surface area contributed by atoms with Gasteiger partial charge in [-0.25, -0.2) is 4.98 Å². The van der Waals surface area contributed by atoms with Crippen LogP contribution in [-0.4, -0.2) is 41.7 Å². The van der Waals surface area contributed by atoms with E-state index in [1.807, 2.05) is 0 Å². The largest absolute Gasteiger partial charge is 0.449 e. The van der Waals surface area contributed by atoms with E-state index in [2.05, 4.69) is 16.9 Å². The third-order valence-corrected chi connectivity index (χ3v) is 3.03. The van der Waals surface area contributed by atoms with Gasteiger partial charge in [0.25, 0.3) is 0 Å². The monoisotopic (exact) mass is 210 g/mol. The summed E-state index contributed by atoms with van der Waals surface area (Å²) in [6, 6.07) is 0. The molecule has 1 saturated heterocycles. The first-order valence-electron chi connectivity index (χ1n) is 5.53. The van der Waals surface area contributed by atoms with Crippen LogP contribution in [0.25, 0.3) is 0 Å². The van der Waals surface area contributed by atoms with Crippen LogP contribution in [-0.2, 0) is 6.42 Å². The van der Waals surface area contributed by atoms with E-state index in [9.17, 15) is 0 Å². The van der Waals surface area contributed by atoms with E-state index in [1.165, 1.54) is 0 Å². The Balaban J connectivity index is 1.96.